The minimum Gasteiger partial charge on any atom is -0.489 e. The van der Waals surface area contributed by atoms with Crippen molar-refractivity contribution in [2.24, 2.45) is 5.73 Å². The Morgan fingerprint density at radius 2 is 2.00 bits per heavy atom. The summed E-state index contributed by atoms with van der Waals surface area (Å²) in [6.45, 7) is 0.125. The van der Waals surface area contributed by atoms with Crippen LogP contribution in [0.15, 0.2) is 42.5 Å². The Bertz CT molecular complexity index is 616. The predicted octanol–water partition coefficient (Wildman–Crippen LogP) is 3.16. The van der Waals surface area contributed by atoms with E-state index < -0.39 is 11.7 Å². The molecule has 2 rings (SSSR count). The molecular formula is C14H11ClFNO2. The van der Waals surface area contributed by atoms with E-state index in [4.69, 9.17) is 22.1 Å². The molecule has 0 aliphatic rings. The lowest BCUT2D eigenvalue weighted by atomic mass is 10.1. The molecule has 1 amide bonds. The minimum absolute atomic E-state index is 0.0323. The van der Waals surface area contributed by atoms with Crippen LogP contribution >= 0.6 is 11.6 Å². The summed E-state index contributed by atoms with van der Waals surface area (Å²) < 4.78 is 18.6. The number of hydrogen-bond acceptors (Lipinski definition) is 2. The van der Waals surface area contributed by atoms with E-state index in [1.165, 1.54) is 12.1 Å². The molecule has 19 heavy (non-hydrogen) atoms. The third kappa shape index (κ3) is 3.23. The van der Waals surface area contributed by atoms with Gasteiger partial charge in [-0.1, -0.05) is 29.8 Å². The fourth-order valence-electron chi connectivity index (χ4n) is 1.61. The van der Waals surface area contributed by atoms with Crippen molar-refractivity contribution in [3.05, 3.63) is 64.4 Å². The highest BCUT2D eigenvalue weighted by Crippen LogP contribution is 2.21. The average molecular weight is 280 g/mol. The van der Waals surface area contributed by atoms with Crippen LogP contribution in [0.5, 0.6) is 5.75 Å². The highest BCUT2D eigenvalue weighted by Gasteiger charge is 2.08. The van der Waals surface area contributed by atoms with E-state index in [1.807, 2.05) is 0 Å². The first-order valence-corrected chi connectivity index (χ1v) is 5.91. The minimum atomic E-state index is -0.553. The van der Waals surface area contributed by atoms with Gasteiger partial charge in [0, 0.05) is 17.2 Å². The highest BCUT2D eigenvalue weighted by molar-refractivity contribution is 6.30. The van der Waals surface area contributed by atoms with Crippen molar-refractivity contribution in [3.63, 3.8) is 0 Å². The lowest BCUT2D eigenvalue weighted by molar-refractivity contribution is 0.0998. The molecule has 3 nitrogen and oxygen atoms in total. The molecule has 0 unspecified atom stereocenters. The van der Waals surface area contributed by atoms with E-state index in [-0.39, 0.29) is 11.6 Å². The third-order valence-electron chi connectivity index (χ3n) is 2.57. The number of carbonyl (C=O) groups excluding carboxylic acids is 1. The van der Waals surface area contributed by atoms with Gasteiger partial charge in [0.05, 0.1) is 5.02 Å². The number of carbonyl (C=O) groups is 1. The van der Waals surface area contributed by atoms with Crippen molar-refractivity contribution in [2.45, 2.75) is 6.61 Å². The summed E-state index contributed by atoms with van der Waals surface area (Å²) in [4.78, 5) is 11.2. The molecule has 2 aromatic rings. The molecule has 0 atom stereocenters. The molecule has 0 aliphatic carbocycles. The van der Waals surface area contributed by atoms with Crippen molar-refractivity contribution in [3.8, 4) is 5.75 Å². The Hall–Kier alpha value is -2.07. The molecule has 0 saturated heterocycles. The number of amides is 1. The van der Waals surface area contributed by atoms with Crippen LogP contribution in [0.4, 0.5) is 4.39 Å². The lowest BCUT2D eigenvalue weighted by Crippen LogP contribution is -2.14. The van der Waals surface area contributed by atoms with Gasteiger partial charge in [-0.15, -0.1) is 0 Å². The Morgan fingerprint density at radius 1 is 1.26 bits per heavy atom. The first-order chi connectivity index (χ1) is 9.08. The van der Waals surface area contributed by atoms with E-state index in [1.54, 1.807) is 30.3 Å². The van der Waals surface area contributed by atoms with Crippen molar-refractivity contribution in [1.29, 1.82) is 0 Å². The van der Waals surface area contributed by atoms with Gasteiger partial charge in [-0.3, -0.25) is 4.79 Å². The van der Waals surface area contributed by atoms with Crippen LogP contribution in [-0.4, -0.2) is 5.91 Å². The standard InChI is InChI=1S/C14H11ClFNO2/c15-12-6-5-10(7-13(12)16)19-8-9-3-1-2-4-11(9)14(17)18/h1-7H,8H2,(H2,17,18). The molecule has 0 heterocycles. The van der Waals surface area contributed by atoms with E-state index in [2.05, 4.69) is 0 Å². The van der Waals surface area contributed by atoms with Crippen molar-refractivity contribution in [1.82, 2.24) is 0 Å². The lowest BCUT2D eigenvalue weighted by Gasteiger charge is -2.09. The normalized spacial score (nSPS) is 10.2. The molecule has 2 aromatic carbocycles. The summed E-state index contributed by atoms with van der Waals surface area (Å²) >= 11 is 5.57. The van der Waals surface area contributed by atoms with Crippen LogP contribution in [0.2, 0.25) is 5.02 Å². The fourth-order valence-corrected chi connectivity index (χ4v) is 1.73. The molecule has 0 aromatic heterocycles. The Labute approximate surface area is 114 Å². The number of rotatable bonds is 4. The highest BCUT2D eigenvalue weighted by atomic mass is 35.5. The zero-order chi connectivity index (χ0) is 13.8. The summed E-state index contributed by atoms with van der Waals surface area (Å²) in [5.74, 6) is -0.745. The summed E-state index contributed by atoms with van der Waals surface area (Å²) in [7, 11) is 0. The van der Waals surface area contributed by atoms with Crippen molar-refractivity contribution in [2.75, 3.05) is 0 Å². The Kier molecular flexibility index (Phi) is 4.02. The van der Waals surface area contributed by atoms with Gasteiger partial charge in [0.1, 0.15) is 18.2 Å². The van der Waals surface area contributed by atoms with E-state index >= 15 is 0 Å². The number of halogens is 2. The van der Waals surface area contributed by atoms with Crippen molar-refractivity contribution >= 4 is 17.5 Å². The molecule has 0 bridgehead atoms. The molecule has 0 saturated carbocycles. The van der Waals surface area contributed by atoms with E-state index in [0.29, 0.717) is 16.9 Å². The number of ether oxygens (including phenoxy) is 1. The topological polar surface area (TPSA) is 52.3 Å². The van der Waals surface area contributed by atoms with Gasteiger partial charge in [0.2, 0.25) is 5.91 Å². The molecule has 0 spiro atoms. The Morgan fingerprint density at radius 3 is 2.68 bits per heavy atom. The zero-order valence-corrected chi connectivity index (χ0v) is 10.7. The molecule has 0 fully saturated rings. The van der Waals surface area contributed by atoms with Crippen LogP contribution in [0.25, 0.3) is 0 Å². The second kappa shape index (κ2) is 5.71. The van der Waals surface area contributed by atoms with Crippen LogP contribution in [0.1, 0.15) is 15.9 Å². The number of nitrogens with two attached hydrogens (primary N) is 1. The van der Waals surface area contributed by atoms with Gasteiger partial charge in [-0.25, -0.2) is 4.39 Å². The average Bonchev–Trinajstić information content (AvgIpc) is 2.40. The molecule has 0 aliphatic heterocycles. The second-order valence-electron chi connectivity index (χ2n) is 3.89. The van der Waals surface area contributed by atoms with Crippen LogP contribution in [-0.2, 0) is 6.61 Å². The van der Waals surface area contributed by atoms with Gasteiger partial charge in [-0.2, -0.15) is 0 Å². The fraction of sp³-hybridized carbons (Fsp3) is 0.0714. The van der Waals surface area contributed by atoms with Gasteiger partial charge in [0.25, 0.3) is 0 Å². The first kappa shape index (κ1) is 13.4. The smallest absolute Gasteiger partial charge is 0.249 e. The number of hydrogen-bond donors (Lipinski definition) is 1. The maximum absolute atomic E-state index is 13.2. The van der Waals surface area contributed by atoms with Gasteiger partial charge in [-0.05, 0) is 18.2 Å². The SMILES string of the molecule is NC(=O)c1ccccc1COc1ccc(Cl)c(F)c1. The molecule has 98 valence electrons. The van der Waals surface area contributed by atoms with Crippen LogP contribution in [0, 0.1) is 5.82 Å². The van der Waals surface area contributed by atoms with Crippen LogP contribution < -0.4 is 10.5 Å². The third-order valence-corrected chi connectivity index (χ3v) is 2.87. The number of primary amides is 1. The number of benzene rings is 2. The summed E-state index contributed by atoms with van der Waals surface area (Å²) in [5.41, 5.74) is 6.29. The summed E-state index contributed by atoms with van der Waals surface area (Å²) in [6, 6.07) is 11.0. The van der Waals surface area contributed by atoms with Gasteiger partial charge in [0.15, 0.2) is 0 Å². The summed E-state index contributed by atoms with van der Waals surface area (Å²) in [5, 5.41) is 0.0323. The maximum atomic E-state index is 13.2. The Balaban J connectivity index is 2.14. The van der Waals surface area contributed by atoms with E-state index in [0.717, 1.165) is 0 Å². The molecule has 2 N–H and O–H groups in total. The van der Waals surface area contributed by atoms with Crippen LogP contribution in [0.3, 0.4) is 0 Å². The maximum Gasteiger partial charge on any atom is 0.249 e. The second-order valence-corrected chi connectivity index (χ2v) is 4.29. The molecular weight excluding hydrogens is 269 g/mol. The zero-order valence-electron chi connectivity index (χ0n) is 9.90. The summed E-state index contributed by atoms with van der Waals surface area (Å²) in [6.07, 6.45) is 0. The largest absolute Gasteiger partial charge is 0.489 e. The van der Waals surface area contributed by atoms with Crippen molar-refractivity contribution < 1.29 is 13.9 Å². The quantitative estimate of drug-likeness (QED) is 0.935. The molecule has 0 radical (unpaired) electrons. The van der Waals surface area contributed by atoms with Gasteiger partial charge < -0.3 is 10.5 Å². The van der Waals surface area contributed by atoms with E-state index in [9.17, 15) is 9.18 Å². The van der Waals surface area contributed by atoms with Gasteiger partial charge >= 0.3 is 0 Å². The monoisotopic (exact) mass is 279 g/mol. The first-order valence-electron chi connectivity index (χ1n) is 5.53. The molecule has 5 heteroatoms. The predicted molar refractivity (Wildman–Crippen MR) is 70.7 cm³/mol.